The smallest absolute Gasteiger partial charge is 0.318 e. The maximum Gasteiger partial charge on any atom is 0.318 e. The lowest BCUT2D eigenvalue weighted by atomic mass is 10.2. The van der Waals surface area contributed by atoms with Gasteiger partial charge < -0.3 is 4.12 Å². The molecule has 17 heavy (non-hydrogen) atoms. The minimum Gasteiger partial charge on any atom is -0.441 e. The van der Waals surface area contributed by atoms with Crippen LogP contribution < -0.4 is 5.19 Å². The summed E-state index contributed by atoms with van der Waals surface area (Å²) in [4.78, 5) is 0. The summed E-state index contributed by atoms with van der Waals surface area (Å²) in [7, 11) is -4.08. The lowest BCUT2D eigenvalue weighted by Gasteiger charge is -2.41. The van der Waals surface area contributed by atoms with E-state index in [0.29, 0.717) is 0 Å². The molecule has 0 aliphatic carbocycles. The van der Waals surface area contributed by atoms with E-state index < -0.39 is 15.9 Å². The molecule has 4 heteroatoms. The third-order valence-corrected chi connectivity index (χ3v) is 12.2. The summed E-state index contributed by atoms with van der Waals surface area (Å²) in [6.07, 6.45) is 0. The van der Waals surface area contributed by atoms with E-state index in [0.717, 1.165) is 0 Å². The highest BCUT2D eigenvalue weighted by atomic mass is 35.6. The van der Waals surface area contributed by atoms with E-state index in [1.165, 1.54) is 5.19 Å². The van der Waals surface area contributed by atoms with E-state index in [1.807, 2.05) is 18.2 Å². The van der Waals surface area contributed by atoms with Crippen molar-refractivity contribution in [3.8, 4) is 0 Å². The summed E-state index contributed by atoms with van der Waals surface area (Å²) >= 11 is 6.98. The third-order valence-electron chi connectivity index (χ3n) is 2.56. The van der Waals surface area contributed by atoms with Gasteiger partial charge >= 0.3 is 7.63 Å². The first kappa shape index (κ1) is 15.0. The Balaban J connectivity index is 3.22. The molecule has 0 bridgehead atoms. The monoisotopic (exact) mass is 286 g/mol. The second kappa shape index (κ2) is 4.88. The van der Waals surface area contributed by atoms with Gasteiger partial charge in [-0.15, -0.1) is 11.1 Å². The molecule has 0 saturated carbocycles. The van der Waals surface area contributed by atoms with Gasteiger partial charge in [-0.3, -0.25) is 0 Å². The van der Waals surface area contributed by atoms with Gasteiger partial charge in [-0.05, 0) is 29.9 Å². The van der Waals surface area contributed by atoms with Crippen molar-refractivity contribution in [3.63, 3.8) is 0 Å². The van der Waals surface area contributed by atoms with Crippen LogP contribution in [0.3, 0.4) is 0 Å². The Morgan fingerprint density at radius 1 is 1.00 bits per heavy atom. The lowest BCUT2D eigenvalue weighted by Crippen LogP contribution is -2.57. The quantitative estimate of drug-likeness (QED) is 0.597. The van der Waals surface area contributed by atoms with Crippen LogP contribution in [-0.4, -0.2) is 15.9 Å². The SMILES string of the molecule is CC(C)(C)[Si](Cl)(O[Si](C)(C)C)c1ccccc1. The molecule has 0 heterocycles. The van der Waals surface area contributed by atoms with Gasteiger partial charge in [0.15, 0.2) is 8.32 Å². The van der Waals surface area contributed by atoms with Crippen molar-refractivity contribution >= 4 is 32.2 Å². The van der Waals surface area contributed by atoms with Gasteiger partial charge in [0.25, 0.3) is 0 Å². The minimum absolute atomic E-state index is 0.0177. The van der Waals surface area contributed by atoms with Crippen LogP contribution in [-0.2, 0) is 4.12 Å². The minimum atomic E-state index is -2.43. The van der Waals surface area contributed by atoms with Crippen LogP contribution >= 0.6 is 11.1 Å². The molecular weight excluding hydrogens is 264 g/mol. The Morgan fingerprint density at radius 3 is 1.82 bits per heavy atom. The van der Waals surface area contributed by atoms with Gasteiger partial charge in [-0.25, -0.2) is 0 Å². The van der Waals surface area contributed by atoms with E-state index in [2.05, 4.69) is 52.5 Å². The predicted molar refractivity (Wildman–Crippen MR) is 81.8 cm³/mol. The molecule has 0 radical (unpaired) electrons. The van der Waals surface area contributed by atoms with Crippen LogP contribution in [0.4, 0.5) is 0 Å². The summed E-state index contributed by atoms with van der Waals surface area (Å²) < 4.78 is 6.42. The maximum atomic E-state index is 6.98. The van der Waals surface area contributed by atoms with Crippen LogP contribution in [0.25, 0.3) is 0 Å². The Hall–Kier alpha value is -0.0962. The highest BCUT2D eigenvalue weighted by Gasteiger charge is 2.49. The van der Waals surface area contributed by atoms with Gasteiger partial charge in [0.1, 0.15) is 0 Å². The highest BCUT2D eigenvalue weighted by Crippen LogP contribution is 2.41. The number of hydrogen-bond acceptors (Lipinski definition) is 1. The largest absolute Gasteiger partial charge is 0.441 e. The van der Waals surface area contributed by atoms with Crippen molar-refractivity contribution < 1.29 is 4.12 Å². The van der Waals surface area contributed by atoms with Crippen LogP contribution in [0.5, 0.6) is 0 Å². The highest BCUT2D eigenvalue weighted by molar-refractivity contribution is 7.27. The summed E-state index contributed by atoms with van der Waals surface area (Å²) in [5.74, 6) is 0. The van der Waals surface area contributed by atoms with Crippen molar-refractivity contribution in [2.24, 2.45) is 0 Å². The van der Waals surface area contributed by atoms with E-state index in [4.69, 9.17) is 15.2 Å². The summed E-state index contributed by atoms with van der Waals surface area (Å²) in [6.45, 7) is 13.1. The molecule has 1 unspecified atom stereocenters. The molecule has 1 aromatic rings. The zero-order valence-corrected chi connectivity index (χ0v) is 14.4. The molecule has 0 fully saturated rings. The normalized spacial score (nSPS) is 16.6. The first-order chi connectivity index (χ1) is 7.56. The molecule has 1 rings (SSSR count). The van der Waals surface area contributed by atoms with Gasteiger partial charge in [-0.2, -0.15) is 0 Å². The van der Waals surface area contributed by atoms with E-state index in [-0.39, 0.29) is 5.04 Å². The number of rotatable bonds is 3. The van der Waals surface area contributed by atoms with Crippen molar-refractivity contribution in [1.29, 1.82) is 0 Å². The molecule has 1 nitrogen and oxygen atoms in total. The zero-order valence-electron chi connectivity index (χ0n) is 11.7. The molecule has 0 aliphatic rings. The maximum absolute atomic E-state index is 6.98. The van der Waals surface area contributed by atoms with Gasteiger partial charge in [0.05, 0.1) is 0 Å². The van der Waals surface area contributed by atoms with E-state index in [1.54, 1.807) is 0 Å². The first-order valence-corrected chi connectivity index (χ1v) is 12.3. The predicted octanol–water partition coefficient (Wildman–Crippen LogP) is 4.23. The molecule has 1 atom stereocenters. The lowest BCUT2D eigenvalue weighted by molar-refractivity contribution is 0.516. The molecule has 0 saturated heterocycles. The number of hydrogen-bond donors (Lipinski definition) is 0. The molecule has 0 amide bonds. The Morgan fingerprint density at radius 2 is 1.47 bits per heavy atom. The van der Waals surface area contributed by atoms with Crippen molar-refractivity contribution in [1.82, 2.24) is 0 Å². The summed E-state index contributed by atoms with van der Waals surface area (Å²) in [6, 6.07) is 10.3. The van der Waals surface area contributed by atoms with Crippen LogP contribution in [0.15, 0.2) is 30.3 Å². The van der Waals surface area contributed by atoms with Crippen LogP contribution in [0, 0.1) is 0 Å². The molecule has 0 N–H and O–H groups in total. The summed E-state index contributed by atoms with van der Waals surface area (Å²) in [5, 5.41) is 1.16. The fourth-order valence-electron chi connectivity index (χ4n) is 1.72. The second-order valence-corrected chi connectivity index (χ2v) is 16.3. The van der Waals surface area contributed by atoms with Crippen molar-refractivity contribution in [2.45, 2.75) is 45.5 Å². The number of halogens is 1. The Labute approximate surface area is 112 Å². The Bertz CT molecular complexity index is 367. The Kier molecular flexibility index (Phi) is 4.30. The van der Waals surface area contributed by atoms with E-state index in [9.17, 15) is 0 Å². The topological polar surface area (TPSA) is 9.23 Å². The number of benzene rings is 1. The fraction of sp³-hybridized carbons (Fsp3) is 0.538. The van der Waals surface area contributed by atoms with Gasteiger partial charge in [0.2, 0.25) is 0 Å². The molecule has 0 spiro atoms. The zero-order chi connectivity index (χ0) is 13.3. The van der Waals surface area contributed by atoms with E-state index >= 15 is 0 Å². The first-order valence-electron chi connectivity index (χ1n) is 6.01. The molecule has 0 aromatic heterocycles. The molecular formula is C13H23ClOSi2. The average Bonchev–Trinajstić information content (AvgIpc) is 2.14. The van der Waals surface area contributed by atoms with Crippen molar-refractivity contribution in [2.75, 3.05) is 0 Å². The molecule has 0 aliphatic heterocycles. The van der Waals surface area contributed by atoms with Crippen LogP contribution in [0.2, 0.25) is 24.7 Å². The third kappa shape index (κ3) is 3.68. The standard InChI is InChI=1S/C13H23ClOSi2/c1-13(2,3)17(14,15-16(4,5)6)12-10-8-7-9-11-12/h7-11H,1-6H3. The summed E-state index contributed by atoms with van der Waals surface area (Å²) in [5.41, 5.74) is 0. The average molecular weight is 287 g/mol. The molecule has 96 valence electrons. The fourth-order valence-corrected chi connectivity index (χ4v) is 10.7. The van der Waals surface area contributed by atoms with Crippen molar-refractivity contribution in [3.05, 3.63) is 30.3 Å². The van der Waals surface area contributed by atoms with Gasteiger partial charge in [0, 0.05) is 0 Å². The molecule has 1 aromatic carbocycles. The van der Waals surface area contributed by atoms with Crippen LogP contribution in [0.1, 0.15) is 20.8 Å². The second-order valence-electron chi connectivity index (χ2n) is 6.43. The van der Waals surface area contributed by atoms with Gasteiger partial charge in [-0.1, -0.05) is 51.1 Å².